The molecule has 0 saturated heterocycles. The Morgan fingerprint density at radius 2 is 1.95 bits per heavy atom. The molecule has 19 heavy (non-hydrogen) atoms. The van der Waals surface area contributed by atoms with Gasteiger partial charge in [-0.15, -0.1) is 0 Å². The molecule has 1 aliphatic carbocycles. The lowest BCUT2D eigenvalue weighted by atomic mass is 9.85. The molecule has 0 radical (unpaired) electrons. The van der Waals surface area contributed by atoms with Gasteiger partial charge in [-0.25, -0.2) is 0 Å². The molecule has 0 atom stereocenters. The van der Waals surface area contributed by atoms with Gasteiger partial charge >= 0.3 is 0 Å². The van der Waals surface area contributed by atoms with Crippen LogP contribution in [0.4, 0.5) is 5.69 Å². The number of nitrogens with one attached hydrogen (secondary N) is 1. The van der Waals surface area contributed by atoms with E-state index in [1.165, 1.54) is 11.1 Å². The van der Waals surface area contributed by atoms with E-state index in [1.54, 1.807) is 0 Å². The van der Waals surface area contributed by atoms with Crippen LogP contribution in [0.25, 0.3) is 6.08 Å². The summed E-state index contributed by atoms with van der Waals surface area (Å²) in [5.74, 6) is 0.249. The van der Waals surface area contributed by atoms with Crippen LogP contribution in [0.3, 0.4) is 0 Å². The smallest absolute Gasteiger partial charge is 0.164 e. The maximum absolute atomic E-state index is 12.4. The van der Waals surface area contributed by atoms with Crippen molar-refractivity contribution in [1.82, 2.24) is 0 Å². The van der Waals surface area contributed by atoms with Gasteiger partial charge in [-0.2, -0.15) is 0 Å². The summed E-state index contributed by atoms with van der Waals surface area (Å²) in [6.07, 6.45) is 2.80. The van der Waals surface area contributed by atoms with Crippen LogP contribution in [0.15, 0.2) is 23.8 Å². The number of ketones is 1. The fourth-order valence-electron chi connectivity index (χ4n) is 2.44. The van der Waals surface area contributed by atoms with E-state index in [4.69, 9.17) is 0 Å². The standard InChI is InChI=1S/C17H23NO/c1-11(2)18-15-8-6-7-12-9-13(10-14(12)15)16(19)17(3,4)5/h6-9,11,18H,10H2,1-5H3. The van der Waals surface area contributed by atoms with Crippen molar-refractivity contribution in [2.24, 2.45) is 5.41 Å². The second-order valence-electron chi connectivity index (χ2n) is 6.60. The molecule has 0 spiro atoms. The summed E-state index contributed by atoms with van der Waals surface area (Å²) in [6, 6.07) is 6.62. The molecule has 2 heteroatoms. The highest BCUT2D eigenvalue weighted by atomic mass is 16.1. The third-order valence-corrected chi connectivity index (χ3v) is 3.33. The van der Waals surface area contributed by atoms with Gasteiger partial charge in [-0.05, 0) is 37.1 Å². The van der Waals surface area contributed by atoms with Gasteiger partial charge in [0, 0.05) is 29.1 Å². The van der Waals surface area contributed by atoms with Gasteiger partial charge in [0.2, 0.25) is 0 Å². The molecule has 0 amide bonds. The zero-order chi connectivity index (χ0) is 14.2. The number of hydrogen-bond acceptors (Lipinski definition) is 2. The van der Waals surface area contributed by atoms with Crippen LogP contribution in [0.5, 0.6) is 0 Å². The summed E-state index contributed by atoms with van der Waals surface area (Å²) in [6.45, 7) is 10.2. The molecular weight excluding hydrogens is 234 g/mol. The van der Waals surface area contributed by atoms with Crippen LogP contribution in [0, 0.1) is 5.41 Å². The number of carbonyl (C=O) groups excluding carboxylic acids is 1. The highest BCUT2D eigenvalue weighted by Crippen LogP contribution is 2.34. The fourth-order valence-corrected chi connectivity index (χ4v) is 2.44. The number of allylic oxidation sites excluding steroid dienone is 1. The number of hydrogen-bond donors (Lipinski definition) is 1. The second kappa shape index (κ2) is 4.84. The van der Waals surface area contributed by atoms with Gasteiger partial charge in [0.15, 0.2) is 5.78 Å². The highest BCUT2D eigenvalue weighted by molar-refractivity contribution is 6.05. The lowest BCUT2D eigenvalue weighted by molar-refractivity contribution is -0.122. The Morgan fingerprint density at radius 1 is 1.26 bits per heavy atom. The number of benzene rings is 1. The van der Waals surface area contributed by atoms with Gasteiger partial charge in [0.25, 0.3) is 0 Å². The summed E-state index contributed by atoms with van der Waals surface area (Å²) >= 11 is 0. The van der Waals surface area contributed by atoms with Crippen molar-refractivity contribution in [2.45, 2.75) is 47.1 Å². The molecule has 0 aromatic heterocycles. The molecule has 102 valence electrons. The summed E-state index contributed by atoms with van der Waals surface area (Å²) in [4.78, 5) is 12.4. The van der Waals surface area contributed by atoms with Gasteiger partial charge in [0.1, 0.15) is 0 Å². The lowest BCUT2D eigenvalue weighted by Crippen LogP contribution is -2.22. The van der Waals surface area contributed by atoms with Crippen LogP contribution < -0.4 is 5.32 Å². The quantitative estimate of drug-likeness (QED) is 0.884. The predicted molar refractivity (Wildman–Crippen MR) is 81.3 cm³/mol. The number of anilines is 1. The van der Waals surface area contributed by atoms with Crippen LogP contribution >= 0.6 is 0 Å². The molecular formula is C17H23NO. The molecule has 1 aliphatic rings. The van der Waals surface area contributed by atoms with Crippen molar-refractivity contribution in [3.8, 4) is 0 Å². The molecule has 1 aromatic rings. The summed E-state index contributed by atoms with van der Waals surface area (Å²) in [5, 5.41) is 3.46. The molecule has 0 bridgehead atoms. The first-order valence-electron chi connectivity index (χ1n) is 6.93. The predicted octanol–water partition coefficient (Wildman–Crippen LogP) is 4.06. The first-order chi connectivity index (χ1) is 8.79. The molecule has 0 fully saturated rings. The molecule has 1 aromatic carbocycles. The minimum Gasteiger partial charge on any atom is -0.383 e. The molecule has 2 rings (SSSR count). The van der Waals surface area contributed by atoms with Crippen molar-refractivity contribution >= 4 is 17.5 Å². The first kappa shape index (κ1) is 13.9. The van der Waals surface area contributed by atoms with Crippen LogP contribution in [-0.4, -0.2) is 11.8 Å². The van der Waals surface area contributed by atoms with Crippen LogP contribution in [0.1, 0.15) is 45.7 Å². The Morgan fingerprint density at radius 3 is 2.53 bits per heavy atom. The largest absolute Gasteiger partial charge is 0.383 e. The van der Waals surface area contributed by atoms with Gasteiger partial charge in [0.05, 0.1) is 0 Å². The van der Waals surface area contributed by atoms with Crippen molar-refractivity contribution in [3.05, 3.63) is 34.9 Å². The van der Waals surface area contributed by atoms with Crippen molar-refractivity contribution < 1.29 is 4.79 Å². The average Bonchev–Trinajstić information content (AvgIpc) is 2.70. The minimum absolute atomic E-state index is 0.249. The topological polar surface area (TPSA) is 29.1 Å². The van der Waals surface area contributed by atoms with Gasteiger partial charge in [-0.1, -0.05) is 32.9 Å². The van der Waals surface area contributed by atoms with Gasteiger partial charge in [-0.3, -0.25) is 4.79 Å². The molecule has 0 saturated carbocycles. The van der Waals surface area contributed by atoms with Gasteiger partial charge < -0.3 is 5.32 Å². The van der Waals surface area contributed by atoms with E-state index in [9.17, 15) is 4.79 Å². The summed E-state index contributed by atoms with van der Waals surface area (Å²) < 4.78 is 0. The molecule has 0 heterocycles. The van der Waals surface area contributed by atoms with E-state index in [-0.39, 0.29) is 11.2 Å². The third kappa shape index (κ3) is 2.89. The Balaban J connectivity index is 2.29. The SMILES string of the molecule is CC(C)Nc1cccc2c1CC(C(=O)C(C)(C)C)=C2. The Hall–Kier alpha value is -1.57. The van der Waals surface area contributed by atoms with E-state index < -0.39 is 0 Å². The fraction of sp³-hybridized carbons (Fsp3) is 0.471. The van der Waals surface area contributed by atoms with Crippen LogP contribution in [0.2, 0.25) is 0 Å². The molecule has 2 nitrogen and oxygen atoms in total. The first-order valence-corrected chi connectivity index (χ1v) is 6.93. The summed E-state index contributed by atoms with van der Waals surface area (Å²) in [7, 11) is 0. The third-order valence-electron chi connectivity index (χ3n) is 3.33. The van der Waals surface area contributed by atoms with Crippen molar-refractivity contribution in [3.63, 3.8) is 0 Å². The van der Waals surface area contributed by atoms with Crippen molar-refractivity contribution in [2.75, 3.05) is 5.32 Å². The number of Topliss-reactive ketones (excluding diaryl/α,β-unsaturated/α-hetero) is 1. The van der Waals surface area contributed by atoms with E-state index in [0.717, 1.165) is 17.7 Å². The van der Waals surface area contributed by atoms with Crippen LogP contribution in [-0.2, 0) is 11.2 Å². The summed E-state index contributed by atoms with van der Waals surface area (Å²) in [5.41, 5.74) is 4.21. The van der Waals surface area contributed by atoms with E-state index >= 15 is 0 Å². The Labute approximate surface area is 115 Å². The molecule has 0 aliphatic heterocycles. The maximum Gasteiger partial charge on any atom is 0.164 e. The lowest BCUT2D eigenvalue weighted by Gasteiger charge is -2.18. The van der Waals surface area contributed by atoms with Crippen molar-refractivity contribution in [1.29, 1.82) is 0 Å². The van der Waals surface area contributed by atoms with E-state index in [2.05, 4.69) is 37.4 Å². The normalized spacial score (nSPS) is 14.3. The van der Waals surface area contributed by atoms with E-state index in [1.807, 2.05) is 26.8 Å². The number of rotatable bonds is 3. The Bertz CT molecular complexity index is 533. The zero-order valence-electron chi connectivity index (χ0n) is 12.5. The minimum atomic E-state index is -0.306. The molecule has 0 unspecified atom stereocenters. The van der Waals surface area contributed by atoms with E-state index in [0.29, 0.717) is 6.04 Å². The Kier molecular flexibility index (Phi) is 3.53. The average molecular weight is 257 g/mol. The second-order valence-corrected chi connectivity index (χ2v) is 6.60. The maximum atomic E-state index is 12.4. The number of carbonyl (C=O) groups is 1. The number of fused-ring (bicyclic) bond motifs is 1. The zero-order valence-corrected chi connectivity index (χ0v) is 12.5. The molecule has 1 N–H and O–H groups in total. The monoisotopic (exact) mass is 257 g/mol. The highest BCUT2D eigenvalue weighted by Gasteiger charge is 2.28.